The van der Waals surface area contributed by atoms with Crippen molar-refractivity contribution in [3.8, 4) is 11.3 Å². The second kappa shape index (κ2) is 8.17. The number of benzene rings is 2. The molecule has 0 saturated carbocycles. The Morgan fingerprint density at radius 3 is 2.60 bits per heavy atom. The predicted molar refractivity (Wildman–Crippen MR) is 114 cm³/mol. The fourth-order valence-electron chi connectivity index (χ4n) is 2.92. The topological polar surface area (TPSA) is 93.7 Å². The summed E-state index contributed by atoms with van der Waals surface area (Å²) in [5, 5.41) is 10.8. The average molecular weight is 441 g/mol. The monoisotopic (exact) mass is 440 g/mol. The van der Waals surface area contributed by atoms with E-state index in [4.69, 9.17) is 16.0 Å². The summed E-state index contributed by atoms with van der Waals surface area (Å²) in [6, 6.07) is 16.8. The van der Waals surface area contributed by atoms with E-state index in [2.05, 4.69) is 0 Å². The highest BCUT2D eigenvalue weighted by atomic mass is 35.5. The Bertz CT molecular complexity index is 1190. The molecule has 3 aromatic rings. The maximum Gasteiger partial charge on any atom is 0.293 e. The van der Waals surface area contributed by atoms with Crippen molar-refractivity contribution in [3.63, 3.8) is 0 Å². The van der Waals surface area contributed by atoms with Gasteiger partial charge in [-0.05, 0) is 41.6 Å². The Hall–Kier alpha value is -3.36. The first-order chi connectivity index (χ1) is 14.4. The van der Waals surface area contributed by atoms with Crippen LogP contribution in [0.4, 0.5) is 10.5 Å². The van der Waals surface area contributed by atoms with E-state index in [1.807, 2.05) is 30.3 Å². The number of furan rings is 1. The minimum absolute atomic E-state index is 0.0302. The van der Waals surface area contributed by atoms with Crippen LogP contribution in [0.3, 0.4) is 0 Å². The van der Waals surface area contributed by atoms with Gasteiger partial charge in [-0.3, -0.25) is 24.6 Å². The molecule has 7 nitrogen and oxygen atoms in total. The largest absolute Gasteiger partial charge is 0.457 e. The van der Waals surface area contributed by atoms with Gasteiger partial charge in [-0.25, -0.2) is 0 Å². The van der Waals surface area contributed by atoms with Crippen molar-refractivity contribution in [1.29, 1.82) is 0 Å². The summed E-state index contributed by atoms with van der Waals surface area (Å²) in [4.78, 5) is 36.8. The molecule has 2 heterocycles. The van der Waals surface area contributed by atoms with Gasteiger partial charge >= 0.3 is 0 Å². The highest BCUT2D eigenvalue weighted by Gasteiger charge is 2.35. The number of carbonyl (C=O) groups excluding carboxylic acids is 2. The van der Waals surface area contributed by atoms with Crippen LogP contribution in [0, 0.1) is 10.1 Å². The van der Waals surface area contributed by atoms with Crippen molar-refractivity contribution in [2.45, 2.75) is 6.54 Å². The van der Waals surface area contributed by atoms with Gasteiger partial charge in [0, 0.05) is 17.7 Å². The molecule has 1 saturated heterocycles. The molecular weight excluding hydrogens is 428 g/mol. The summed E-state index contributed by atoms with van der Waals surface area (Å²) in [5.74, 6) is 0.339. The van der Waals surface area contributed by atoms with E-state index in [0.29, 0.717) is 17.1 Å². The van der Waals surface area contributed by atoms with Gasteiger partial charge in [0.1, 0.15) is 16.5 Å². The molecule has 0 aliphatic carbocycles. The Labute approximate surface area is 180 Å². The molecule has 1 aliphatic rings. The summed E-state index contributed by atoms with van der Waals surface area (Å²) < 4.78 is 5.71. The van der Waals surface area contributed by atoms with E-state index < -0.39 is 10.8 Å². The smallest absolute Gasteiger partial charge is 0.293 e. The lowest BCUT2D eigenvalue weighted by Gasteiger charge is -2.11. The van der Waals surface area contributed by atoms with Gasteiger partial charge in [-0.15, -0.1) is 0 Å². The molecule has 1 fully saturated rings. The normalized spacial score (nSPS) is 15.2. The number of halogens is 1. The fourth-order valence-corrected chi connectivity index (χ4v) is 3.93. The molecule has 0 bridgehead atoms. The van der Waals surface area contributed by atoms with Crippen molar-refractivity contribution in [1.82, 2.24) is 4.90 Å². The quantitative estimate of drug-likeness (QED) is 0.285. The van der Waals surface area contributed by atoms with E-state index in [1.54, 1.807) is 18.2 Å². The molecule has 150 valence electrons. The van der Waals surface area contributed by atoms with Crippen molar-refractivity contribution in [2.24, 2.45) is 0 Å². The molecule has 0 radical (unpaired) electrons. The van der Waals surface area contributed by atoms with Gasteiger partial charge in [0.15, 0.2) is 0 Å². The van der Waals surface area contributed by atoms with Crippen molar-refractivity contribution >= 4 is 46.3 Å². The molecule has 1 aliphatic heterocycles. The first kappa shape index (κ1) is 19.9. The number of hydrogen-bond donors (Lipinski definition) is 0. The minimum atomic E-state index is -0.571. The maximum atomic E-state index is 12.6. The van der Waals surface area contributed by atoms with Gasteiger partial charge < -0.3 is 4.42 Å². The van der Waals surface area contributed by atoms with Crippen LogP contribution >= 0.6 is 23.4 Å². The van der Waals surface area contributed by atoms with Gasteiger partial charge in [0.25, 0.3) is 16.8 Å². The Kier molecular flexibility index (Phi) is 5.43. The lowest BCUT2D eigenvalue weighted by Crippen LogP contribution is -2.27. The van der Waals surface area contributed by atoms with Crippen LogP contribution in [0.15, 0.2) is 70.0 Å². The van der Waals surface area contributed by atoms with Crippen LogP contribution < -0.4 is 0 Å². The number of nitrogens with zero attached hydrogens (tertiary/aromatic N) is 2. The molecule has 1 aromatic heterocycles. The number of amides is 2. The van der Waals surface area contributed by atoms with Crippen molar-refractivity contribution < 1.29 is 18.9 Å². The zero-order valence-electron chi connectivity index (χ0n) is 15.3. The second-order valence-electron chi connectivity index (χ2n) is 6.38. The zero-order chi connectivity index (χ0) is 21.3. The fraction of sp³-hybridized carbons (Fsp3) is 0.0476. The van der Waals surface area contributed by atoms with Crippen LogP contribution in [0.5, 0.6) is 0 Å². The first-order valence-electron chi connectivity index (χ1n) is 8.76. The lowest BCUT2D eigenvalue weighted by atomic mass is 10.1. The van der Waals surface area contributed by atoms with Crippen LogP contribution in [0.2, 0.25) is 5.02 Å². The molecule has 4 rings (SSSR count). The lowest BCUT2D eigenvalue weighted by molar-refractivity contribution is -0.384. The molecular formula is C21H13ClN2O5S. The Balaban J connectivity index is 1.56. The van der Waals surface area contributed by atoms with Gasteiger partial charge in [-0.2, -0.15) is 0 Å². The molecule has 30 heavy (non-hydrogen) atoms. The second-order valence-corrected chi connectivity index (χ2v) is 7.78. The summed E-state index contributed by atoms with van der Waals surface area (Å²) in [6.45, 7) is 0.195. The number of thioether (sulfide) groups is 1. The third-order valence-corrected chi connectivity index (χ3v) is 5.61. The highest BCUT2D eigenvalue weighted by molar-refractivity contribution is 8.18. The summed E-state index contributed by atoms with van der Waals surface area (Å²) in [5.41, 5.74) is 1.10. The van der Waals surface area contributed by atoms with Crippen molar-refractivity contribution in [2.75, 3.05) is 0 Å². The molecule has 2 aromatic carbocycles. The van der Waals surface area contributed by atoms with Crippen LogP contribution in [0.25, 0.3) is 17.4 Å². The number of hydrogen-bond acceptors (Lipinski definition) is 6. The molecule has 9 heteroatoms. The summed E-state index contributed by atoms with van der Waals surface area (Å²) in [7, 11) is 0. The standard InChI is InChI=1S/C21H13ClN2O5S/c22-16-8-6-14(10-17(16)24(27)28)18-9-7-15(29-18)11-19-20(25)23(21(26)30-19)12-13-4-2-1-3-5-13/h1-11H,12H2/b19-11-. The van der Waals surface area contributed by atoms with Gasteiger partial charge in [-0.1, -0.05) is 41.9 Å². The van der Waals surface area contributed by atoms with Crippen LogP contribution in [-0.2, 0) is 11.3 Å². The number of nitro benzene ring substituents is 1. The van der Waals surface area contributed by atoms with E-state index >= 15 is 0 Å². The third-order valence-electron chi connectivity index (χ3n) is 4.38. The van der Waals surface area contributed by atoms with Crippen molar-refractivity contribution in [3.05, 3.63) is 92.0 Å². The van der Waals surface area contributed by atoms with E-state index in [9.17, 15) is 19.7 Å². The maximum absolute atomic E-state index is 12.6. The summed E-state index contributed by atoms with van der Waals surface area (Å²) in [6.07, 6.45) is 1.49. The predicted octanol–water partition coefficient (Wildman–Crippen LogP) is 5.74. The molecule has 0 unspecified atom stereocenters. The molecule has 0 spiro atoms. The first-order valence-corrected chi connectivity index (χ1v) is 9.95. The van der Waals surface area contributed by atoms with E-state index in [1.165, 1.54) is 23.1 Å². The molecule has 0 N–H and O–H groups in total. The number of imide groups is 1. The molecule has 0 atom stereocenters. The third kappa shape index (κ3) is 4.00. The Morgan fingerprint density at radius 2 is 1.87 bits per heavy atom. The average Bonchev–Trinajstić information content (AvgIpc) is 3.29. The Morgan fingerprint density at radius 1 is 1.10 bits per heavy atom. The summed E-state index contributed by atoms with van der Waals surface area (Å²) >= 11 is 6.68. The number of nitro groups is 1. The van der Waals surface area contributed by atoms with E-state index in [-0.39, 0.29) is 27.4 Å². The SMILES string of the molecule is O=C1S/C(=C\c2ccc(-c3ccc(Cl)c([N+](=O)[O-])c3)o2)C(=O)N1Cc1ccccc1. The van der Waals surface area contributed by atoms with Crippen LogP contribution in [0.1, 0.15) is 11.3 Å². The highest BCUT2D eigenvalue weighted by Crippen LogP contribution is 2.35. The van der Waals surface area contributed by atoms with Crippen LogP contribution in [-0.4, -0.2) is 21.0 Å². The number of carbonyl (C=O) groups is 2. The van der Waals surface area contributed by atoms with Gasteiger partial charge in [0.05, 0.1) is 16.4 Å². The minimum Gasteiger partial charge on any atom is -0.457 e. The zero-order valence-corrected chi connectivity index (χ0v) is 16.9. The van der Waals surface area contributed by atoms with E-state index in [0.717, 1.165) is 17.3 Å². The number of rotatable bonds is 5. The van der Waals surface area contributed by atoms with Gasteiger partial charge in [0.2, 0.25) is 0 Å². The molecule has 2 amide bonds.